The van der Waals surface area contributed by atoms with E-state index in [9.17, 15) is 14.7 Å². The minimum Gasteiger partial charge on any atom is -0.462 e. The van der Waals surface area contributed by atoms with Crippen LogP contribution in [-0.4, -0.2) is 29.1 Å². The minimum atomic E-state index is -0.758. The molecule has 3 saturated carbocycles. The summed E-state index contributed by atoms with van der Waals surface area (Å²) in [6, 6.07) is 0. The number of aliphatic hydroxyl groups is 1. The number of ketones is 1. The van der Waals surface area contributed by atoms with E-state index in [-0.39, 0.29) is 28.7 Å². The third kappa shape index (κ3) is 2.43. The average Bonchev–Trinajstić information content (AvgIpc) is 2.78. The van der Waals surface area contributed by atoms with Gasteiger partial charge in [-0.15, -0.1) is 0 Å². The molecule has 0 aromatic heterocycles. The molecule has 0 spiro atoms. The lowest BCUT2D eigenvalue weighted by Crippen LogP contribution is -2.50. The summed E-state index contributed by atoms with van der Waals surface area (Å²) in [5.41, 5.74) is 1.30. The number of carbonyl (C=O) groups excluding carboxylic acids is 2. The number of esters is 1. The molecule has 7 atom stereocenters. The molecule has 0 aromatic carbocycles. The van der Waals surface area contributed by atoms with Gasteiger partial charge in [-0.1, -0.05) is 25.5 Å². The van der Waals surface area contributed by atoms with Crippen molar-refractivity contribution in [3.8, 4) is 0 Å². The van der Waals surface area contributed by atoms with Gasteiger partial charge in [0, 0.05) is 18.8 Å². The first-order valence-electron chi connectivity index (χ1n) is 9.85. The molecule has 4 aliphatic carbocycles. The third-order valence-electron chi connectivity index (χ3n) is 8.12. The molecule has 3 fully saturated rings. The molecular weight excluding hydrogens is 316 g/mol. The number of carbonyl (C=O) groups is 2. The van der Waals surface area contributed by atoms with Gasteiger partial charge in [0.1, 0.15) is 12.2 Å². The lowest BCUT2D eigenvalue weighted by molar-refractivity contribution is -0.148. The van der Waals surface area contributed by atoms with Crippen LogP contribution in [0.15, 0.2) is 11.6 Å². The molecule has 4 aliphatic rings. The van der Waals surface area contributed by atoms with Crippen LogP contribution < -0.4 is 0 Å². The second-order valence-electron chi connectivity index (χ2n) is 9.31. The number of Topliss-reactive ketones (excluding diaryl/α,β-unsaturated/α-hetero) is 1. The van der Waals surface area contributed by atoms with Crippen molar-refractivity contribution in [1.82, 2.24) is 0 Å². The van der Waals surface area contributed by atoms with Gasteiger partial charge in [-0.2, -0.15) is 0 Å². The molecule has 0 aromatic rings. The van der Waals surface area contributed by atoms with E-state index in [0.29, 0.717) is 24.2 Å². The van der Waals surface area contributed by atoms with Crippen molar-refractivity contribution in [2.75, 3.05) is 0 Å². The summed E-state index contributed by atoms with van der Waals surface area (Å²) in [4.78, 5) is 23.8. The van der Waals surface area contributed by atoms with Crippen molar-refractivity contribution in [2.45, 2.75) is 77.9 Å². The van der Waals surface area contributed by atoms with Gasteiger partial charge >= 0.3 is 5.97 Å². The Morgan fingerprint density at radius 2 is 1.92 bits per heavy atom. The van der Waals surface area contributed by atoms with Crippen molar-refractivity contribution >= 4 is 11.8 Å². The Bertz CT molecular complexity index is 638. The molecule has 4 nitrogen and oxygen atoms in total. The molecule has 0 aliphatic heterocycles. The zero-order valence-corrected chi connectivity index (χ0v) is 15.6. The van der Waals surface area contributed by atoms with Gasteiger partial charge in [0.2, 0.25) is 0 Å². The van der Waals surface area contributed by atoms with Gasteiger partial charge in [0.15, 0.2) is 5.78 Å². The van der Waals surface area contributed by atoms with Gasteiger partial charge in [0.05, 0.1) is 0 Å². The van der Waals surface area contributed by atoms with Gasteiger partial charge in [-0.25, -0.2) is 0 Å². The van der Waals surface area contributed by atoms with E-state index in [1.165, 1.54) is 12.5 Å². The molecule has 0 bridgehead atoms. The van der Waals surface area contributed by atoms with Crippen LogP contribution in [-0.2, 0) is 14.3 Å². The Hall–Kier alpha value is -1.16. The highest BCUT2D eigenvalue weighted by atomic mass is 16.5. The van der Waals surface area contributed by atoms with Gasteiger partial charge in [-0.05, 0) is 61.7 Å². The third-order valence-corrected chi connectivity index (χ3v) is 8.12. The summed E-state index contributed by atoms with van der Waals surface area (Å²) in [6.07, 6.45) is 8.11. The molecule has 7 unspecified atom stereocenters. The SMILES string of the molecule is CC(=O)OC1CCC2(C)C(=CCC3C4CC(O)C(=O)C4(C)CCC32)C1. The van der Waals surface area contributed by atoms with Crippen LogP contribution in [0.4, 0.5) is 0 Å². The first kappa shape index (κ1) is 17.3. The Labute approximate surface area is 150 Å². The average molecular weight is 346 g/mol. The van der Waals surface area contributed by atoms with Crippen LogP contribution in [0.2, 0.25) is 0 Å². The van der Waals surface area contributed by atoms with Crippen molar-refractivity contribution < 1.29 is 19.4 Å². The lowest BCUT2D eigenvalue weighted by atomic mass is 9.48. The van der Waals surface area contributed by atoms with Crippen molar-refractivity contribution in [1.29, 1.82) is 0 Å². The summed E-state index contributed by atoms with van der Waals surface area (Å²) < 4.78 is 5.48. The highest BCUT2D eigenvalue weighted by Crippen LogP contribution is 2.64. The van der Waals surface area contributed by atoms with Crippen molar-refractivity contribution in [3.05, 3.63) is 11.6 Å². The Morgan fingerprint density at radius 3 is 2.64 bits per heavy atom. The van der Waals surface area contributed by atoms with Crippen LogP contribution in [0.25, 0.3) is 0 Å². The number of allylic oxidation sites excluding steroid dienone is 1. The van der Waals surface area contributed by atoms with E-state index in [2.05, 4.69) is 19.9 Å². The molecule has 0 heterocycles. The summed E-state index contributed by atoms with van der Waals surface area (Å²) in [7, 11) is 0. The fraction of sp³-hybridized carbons (Fsp3) is 0.810. The predicted octanol–water partition coefficient (Wildman–Crippen LogP) is 3.42. The maximum absolute atomic E-state index is 12.5. The van der Waals surface area contributed by atoms with Crippen LogP contribution >= 0.6 is 0 Å². The smallest absolute Gasteiger partial charge is 0.302 e. The predicted molar refractivity (Wildman–Crippen MR) is 93.7 cm³/mol. The lowest BCUT2D eigenvalue weighted by Gasteiger charge is -2.56. The minimum absolute atomic E-state index is 0.0251. The fourth-order valence-electron chi connectivity index (χ4n) is 6.75. The molecule has 4 rings (SSSR count). The maximum Gasteiger partial charge on any atom is 0.302 e. The molecule has 138 valence electrons. The van der Waals surface area contributed by atoms with Gasteiger partial charge < -0.3 is 9.84 Å². The van der Waals surface area contributed by atoms with Crippen molar-refractivity contribution in [2.24, 2.45) is 28.6 Å². The quantitative estimate of drug-likeness (QED) is 0.584. The molecular formula is C21H30O4. The standard InChI is InChI=1S/C21H30O4/c1-12(22)25-14-6-8-20(2)13(10-14)4-5-15-16(20)7-9-21(3)17(15)11-18(23)19(21)24/h4,14-18,23H,5-11H2,1-3H3. The number of rotatable bonds is 1. The molecule has 4 heteroatoms. The molecule has 0 radical (unpaired) electrons. The maximum atomic E-state index is 12.5. The highest BCUT2D eigenvalue weighted by Gasteiger charge is 2.61. The van der Waals surface area contributed by atoms with E-state index in [1.807, 2.05) is 0 Å². The number of hydrogen-bond acceptors (Lipinski definition) is 4. The van der Waals surface area contributed by atoms with Gasteiger partial charge in [-0.3, -0.25) is 9.59 Å². The number of hydrogen-bond donors (Lipinski definition) is 1. The molecule has 0 saturated heterocycles. The van der Waals surface area contributed by atoms with Crippen LogP contribution in [0.1, 0.15) is 65.7 Å². The van der Waals surface area contributed by atoms with E-state index in [1.54, 1.807) is 0 Å². The van der Waals surface area contributed by atoms with E-state index >= 15 is 0 Å². The second-order valence-corrected chi connectivity index (χ2v) is 9.31. The van der Waals surface area contributed by atoms with Crippen LogP contribution in [0, 0.1) is 28.6 Å². The first-order chi connectivity index (χ1) is 11.8. The molecule has 0 amide bonds. The zero-order valence-electron chi connectivity index (χ0n) is 15.6. The zero-order chi connectivity index (χ0) is 18.0. The number of ether oxygens (including phenoxy) is 1. The van der Waals surface area contributed by atoms with Crippen molar-refractivity contribution in [3.63, 3.8) is 0 Å². The number of fused-ring (bicyclic) bond motifs is 5. The summed E-state index contributed by atoms with van der Waals surface area (Å²) in [5.74, 6) is 1.29. The normalized spacial score (nSPS) is 48.9. The monoisotopic (exact) mass is 346 g/mol. The topological polar surface area (TPSA) is 63.6 Å². The Morgan fingerprint density at radius 1 is 1.20 bits per heavy atom. The Balaban J connectivity index is 1.61. The van der Waals surface area contributed by atoms with E-state index < -0.39 is 6.10 Å². The summed E-state index contributed by atoms with van der Waals surface area (Å²) in [5, 5.41) is 10.2. The van der Waals surface area contributed by atoms with E-state index in [0.717, 1.165) is 38.5 Å². The summed E-state index contributed by atoms with van der Waals surface area (Å²) in [6.45, 7) is 5.96. The molecule has 1 N–H and O–H groups in total. The fourth-order valence-corrected chi connectivity index (χ4v) is 6.75. The first-order valence-corrected chi connectivity index (χ1v) is 9.85. The van der Waals surface area contributed by atoms with E-state index in [4.69, 9.17) is 4.74 Å². The molecule has 25 heavy (non-hydrogen) atoms. The van der Waals surface area contributed by atoms with Crippen LogP contribution in [0.5, 0.6) is 0 Å². The Kier molecular flexibility index (Phi) is 3.91. The number of aliphatic hydroxyl groups excluding tert-OH is 1. The largest absolute Gasteiger partial charge is 0.462 e. The second kappa shape index (κ2) is 5.67. The summed E-state index contributed by atoms with van der Waals surface area (Å²) >= 11 is 0. The highest BCUT2D eigenvalue weighted by molar-refractivity contribution is 5.91. The van der Waals surface area contributed by atoms with Crippen LogP contribution in [0.3, 0.4) is 0 Å². The van der Waals surface area contributed by atoms with Gasteiger partial charge in [0.25, 0.3) is 0 Å².